The molecular formula is C21H27N3O2. The van der Waals surface area contributed by atoms with E-state index in [9.17, 15) is 4.79 Å². The van der Waals surface area contributed by atoms with Gasteiger partial charge in [-0.15, -0.1) is 0 Å². The van der Waals surface area contributed by atoms with Crippen molar-refractivity contribution in [3.8, 4) is 5.75 Å². The van der Waals surface area contributed by atoms with E-state index in [1.54, 1.807) is 0 Å². The van der Waals surface area contributed by atoms with Crippen LogP contribution in [-0.2, 0) is 13.1 Å². The average Bonchev–Trinajstić information content (AvgIpc) is 2.68. The Labute approximate surface area is 155 Å². The van der Waals surface area contributed by atoms with Crippen LogP contribution in [0.4, 0.5) is 4.79 Å². The third kappa shape index (κ3) is 5.23. The van der Waals surface area contributed by atoms with Crippen molar-refractivity contribution in [2.24, 2.45) is 0 Å². The second kappa shape index (κ2) is 9.25. The number of nitrogens with one attached hydrogen (secondary N) is 1. The summed E-state index contributed by atoms with van der Waals surface area (Å²) in [5.41, 5.74) is 2.37. The van der Waals surface area contributed by atoms with E-state index in [4.69, 9.17) is 4.74 Å². The summed E-state index contributed by atoms with van der Waals surface area (Å²) in [5.74, 6) is 0.841. The van der Waals surface area contributed by atoms with Crippen molar-refractivity contribution in [3.05, 3.63) is 65.7 Å². The van der Waals surface area contributed by atoms with Gasteiger partial charge in [0.25, 0.3) is 0 Å². The molecule has 0 spiro atoms. The fourth-order valence-corrected chi connectivity index (χ4v) is 3.15. The highest BCUT2D eigenvalue weighted by Gasteiger charge is 2.20. The molecule has 26 heavy (non-hydrogen) atoms. The minimum absolute atomic E-state index is 0.00572. The highest BCUT2D eigenvalue weighted by atomic mass is 16.5. The fourth-order valence-electron chi connectivity index (χ4n) is 3.15. The molecule has 2 aromatic carbocycles. The monoisotopic (exact) mass is 353 g/mol. The Bertz CT molecular complexity index is 697. The van der Waals surface area contributed by atoms with E-state index in [0.29, 0.717) is 13.2 Å². The second-order valence-electron chi connectivity index (χ2n) is 6.49. The van der Waals surface area contributed by atoms with Crippen LogP contribution in [0.5, 0.6) is 5.75 Å². The Kier molecular flexibility index (Phi) is 6.50. The number of rotatable bonds is 6. The number of amides is 2. The molecule has 0 atom stereocenters. The lowest BCUT2D eigenvalue weighted by Gasteiger charge is -2.34. The molecule has 5 nitrogen and oxygen atoms in total. The minimum Gasteiger partial charge on any atom is -0.494 e. The van der Waals surface area contributed by atoms with Crippen LogP contribution in [0, 0.1) is 0 Å². The lowest BCUT2D eigenvalue weighted by Crippen LogP contribution is -2.51. The number of carbonyl (C=O) groups is 1. The van der Waals surface area contributed by atoms with Crippen molar-refractivity contribution in [1.82, 2.24) is 15.1 Å². The van der Waals surface area contributed by atoms with Gasteiger partial charge in [0.1, 0.15) is 5.75 Å². The number of ether oxygens (including phenoxy) is 1. The van der Waals surface area contributed by atoms with Crippen LogP contribution < -0.4 is 10.1 Å². The van der Waals surface area contributed by atoms with E-state index in [0.717, 1.165) is 44.0 Å². The predicted octanol–water partition coefficient (Wildman–Crippen LogP) is 3.11. The van der Waals surface area contributed by atoms with Gasteiger partial charge in [0.15, 0.2) is 0 Å². The van der Waals surface area contributed by atoms with E-state index < -0.39 is 0 Å². The molecule has 1 saturated heterocycles. The quantitative estimate of drug-likeness (QED) is 0.868. The van der Waals surface area contributed by atoms with E-state index in [1.165, 1.54) is 5.56 Å². The molecule has 138 valence electrons. The lowest BCUT2D eigenvalue weighted by atomic mass is 10.2. The van der Waals surface area contributed by atoms with Gasteiger partial charge in [0.05, 0.1) is 6.61 Å². The standard InChI is InChI=1S/C21H27N3O2/c1-2-26-20-10-6-9-19(15-20)16-22-21(25)24-13-11-23(12-14-24)17-18-7-4-3-5-8-18/h3-10,15H,2,11-14,16-17H2,1H3,(H,22,25). The Hall–Kier alpha value is -2.53. The SMILES string of the molecule is CCOc1cccc(CNC(=O)N2CCN(Cc3ccccc3)CC2)c1. The summed E-state index contributed by atoms with van der Waals surface area (Å²) in [5, 5.41) is 3.02. The first-order chi connectivity index (χ1) is 12.7. The molecule has 5 heteroatoms. The van der Waals surface area contributed by atoms with Crippen molar-refractivity contribution >= 4 is 6.03 Å². The van der Waals surface area contributed by atoms with E-state index in [-0.39, 0.29) is 6.03 Å². The minimum atomic E-state index is 0.00572. The van der Waals surface area contributed by atoms with Gasteiger partial charge >= 0.3 is 6.03 Å². The number of urea groups is 1. The predicted molar refractivity (Wildman–Crippen MR) is 103 cm³/mol. The number of piperazine rings is 1. The Morgan fingerprint density at radius 1 is 1.00 bits per heavy atom. The van der Waals surface area contributed by atoms with Crippen molar-refractivity contribution in [2.45, 2.75) is 20.0 Å². The summed E-state index contributed by atoms with van der Waals surface area (Å²) >= 11 is 0. The smallest absolute Gasteiger partial charge is 0.317 e. The molecule has 2 aromatic rings. The first kappa shape index (κ1) is 18.3. The maximum atomic E-state index is 12.4. The van der Waals surface area contributed by atoms with Crippen LogP contribution in [0.2, 0.25) is 0 Å². The summed E-state index contributed by atoms with van der Waals surface area (Å²) in [7, 11) is 0. The Balaban J connectivity index is 1.43. The lowest BCUT2D eigenvalue weighted by molar-refractivity contribution is 0.135. The van der Waals surface area contributed by atoms with Crippen molar-refractivity contribution in [2.75, 3.05) is 32.8 Å². The molecule has 2 amide bonds. The molecule has 1 aliphatic heterocycles. The summed E-state index contributed by atoms with van der Waals surface area (Å²) in [6, 6.07) is 18.3. The largest absolute Gasteiger partial charge is 0.494 e. The normalized spacial score (nSPS) is 14.9. The van der Waals surface area contributed by atoms with Gasteiger partial charge in [-0.25, -0.2) is 4.79 Å². The summed E-state index contributed by atoms with van der Waals surface area (Å²) in [6.45, 7) is 7.40. The van der Waals surface area contributed by atoms with E-state index >= 15 is 0 Å². The molecule has 1 fully saturated rings. The van der Waals surface area contributed by atoms with Crippen LogP contribution in [0.25, 0.3) is 0 Å². The number of hydrogen-bond donors (Lipinski definition) is 1. The van der Waals surface area contributed by atoms with Crippen molar-refractivity contribution in [3.63, 3.8) is 0 Å². The fraction of sp³-hybridized carbons (Fsp3) is 0.381. The number of benzene rings is 2. The van der Waals surface area contributed by atoms with E-state index in [1.807, 2.05) is 42.2 Å². The van der Waals surface area contributed by atoms with Gasteiger partial charge in [-0.3, -0.25) is 4.90 Å². The van der Waals surface area contributed by atoms with Crippen LogP contribution in [0.1, 0.15) is 18.1 Å². The van der Waals surface area contributed by atoms with Crippen LogP contribution in [0.3, 0.4) is 0 Å². The zero-order valence-corrected chi connectivity index (χ0v) is 15.4. The molecule has 0 saturated carbocycles. The van der Waals surface area contributed by atoms with Crippen LogP contribution in [0.15, 0.2) is 54.6 Å². The number of carbonyl (C=O) groups excluding carboxylic acids is 1. The maximum Gasteiger partial charge on any atom is 0.317 e. The molecule has 1 aliphatic rings. The maximum absolute atomic E-state index is 12.4. The summed E-state index contributed by atoms with van der Waals surface area (Å²) < 4.78 is 5.50. The molecule has 0 aromatic heterocycles. The van der Waals surface area contributed by atoms with Crippen molar-refractivity contribution < 1.29 is 9.53 Å². The Morgan fingerprint density at radius 3 is 2.46 bits per heavy atom. The molecule has 0 aliphatic carbocycles. The summed E-state index contributed by atoms with van der Waals surface area (Å²) in [4.78, 5) is 16.7. The number of hydrogen-bond acceptors (Lipinski definition) is 3. The molecule has 0 radical (unpaired) electrons. The van der Waals surface area contributed by atoms with Gasteiger partial charge < -0.3 is 15.0 Å². The van der Waals surface area contributed by atoms with Crippen LogP contribution in [-0.4, -0.2) is 48.6 Å². The van der Waals surface area contributed by atoms with E-state index in [2.05, 4.69) is 34.5 Å². The number of nitrogens with zero attached hydrogens (tertiary/aromatic N) is 2. The zero-order chi connectivity index (χ0) is 18.2. The average molecular weight is 353 g/mol. The molecule has 0 unspecified atom stereocenters. The van der Waals surface area contributed by atoms with Gasteiger partial charge in [-0.1, -0.05) is 42.5 Å². The zero-order valence-electron chi connectivity index (χ0n) is 15.4. The second-order valence-corrected chi connectivity index (χ2v) is 6.49. The highest BCUT2D eigenvalue weighted by Crippen LogP contribution is 2.13. The van der Waals surface area contributed by atoms with Crippen LogP contribution >= 0.6 is 0 Å². The van der Waals surface area contributed by atoms with Crippen molar-refractivity contribution in [1.29, 1.82) is 0 Å². The highest BCUT2D eigenvalue weighted by molar-refractivity contribution is 5.74. The topological polar surface area (TPSA) is 44.8 Å². The van der Waals surface area contributed by atoms with Gasteiger partial charge in [0.2, 0.25) is 0 Å². The molecular weight excluding hydrogens is 326 g/mol. The molecule has 3 rings (SSSR count). The molecule has 1 heterocycles. The van der Waals surface area contributed by atoms with Gasteiger partial charge in [-0.2, -0.15) is 0 Å². The molecule has 0 bridgehead atoms. The summed E-state index contributed by atoms with van der Waals surface area (Å²) in [6.07, 6.45) is 0. The first-order valence-corrected chi connectivity index (χ1v) is 9.25. The molecule has 1 N–H and O–H groups in total. The first-order valence-electron chi connectivity index (χ1n) is 9.25. The van der Waals surface area contributed by atoms with Gasteiger partial charge in [0, 0.05) is 39.3 Å². The Morgan fingerprint density at radius 2 is 1.73 bits per heavy atom. The third-order valence-corrected chi connectivity index (χ3v) is 4.56. The van der Waals surface area contributed by atoms with Gasteiger partial charge in [-0.05, 0) is 30.2 Å². The third-order valence-electron chi connectivity index (χ3n) is 4.56.